The second-order valence-corrected chi connectivity index (χ2v) is 7.98. The van der Waals surface area contributed by atoms with Gasteiger partial charge in [0.25, 0.3) is 11.5 Å². The van der Waals surface area contributed by atoms with Crippen LogP contribution in [-0.4, -0.2) is 16.5 Å². The van der Waals surface area contributed by atoms with Gasteiger partial charge in [-0.1, -0.05) is 17.7 Å². The van der Waals surface area contributed by atoms with Crippen LogP contribution in [0.2, 0.25) is 5.02 Å². The predicted molar refractivity (Wildman–Crippen MR) is 111 cm³/mol. The molecule has 0 fully saturated rings. The molecule has 0 unspecified atom stereocenters. The Morgan fingerprint density at radius 2 is 1.82 bits per heavy atom. The molecule has 0 bridgehead atoms. The monoisotopic (exact) mass is 396 g/mol. The maximum absolute atomic E-state index is 12.8. The van der Waals surface area contributed by atoms with Crippen LogP contribution in [-0.2, 0) is 17.6 Å². The van der Waals surface area contributed by atoms with Crippen LogP contribution in [0.1, 0.15) is 31.4 Å². The van der Waals surface area contributed by atoms with Crippen molar-refractivity contribution in [2.75, 3.05) is 5.32 Å². The number of carbonyl (C=O) groups excluding carboxylic acids is 1. The van der Waals surface area contributed by atoms with Crippen LogP contribution in [0, 0.1) is 0 Å². The third kappa shape index (κ3) is 3.50. The van der Waals surface area contributed by atoms with Crippen molar-refractivity contribution in [3.8, 4) is 5.75 Å². The Labute approximate surface area is 167 Å². The number of hydrogen-bond donors (Lipinski definition) is 2. The van der Waals surface area contributed by atoms with Gasteiger partial charge in [-0.05, 0) is 75.1 Å². The fourth-order valence-electron chi connectivity index (χ4n) is 3.60. The standard InChI is InChI=1S/C22H21ClN2O3/c1-22(2,28-15-9-6-13(23)7-10-15)21(27)24-14-8-11-17-16-4-3-5-18(16)20(26)25-19(17)12-14/h6-12H,3-5H2,1-2H3,(H,24,27)(H,25,26). The Hall–Kier alpha value is -2.79. The number of aromatic nitrogens is 1. The maximum Gasteiger partial charge on any atom is 0.267 e. The molecular formula is C22H21ClN2O3. The largest absolute Gasteiger partial charge is 0.478 e. The van der Waals surface area contributed by atoms with Crippen LogP contribution >= 0.6 is 11.6 Å². The minimum absolute atomic E-state index is 0.0325. The maximum atomic E-state index is 12.8. The third-order valence-corrected chi connectivity index (χ3v) is 5.33. The van der Waals surface area contributed by atoms with Gasteiger partial charge in [0.1, 0.15) is 5.75 Å². The molecule has 1 aromatic heterocycles. The highest BCUT2D eigenvalue weighted by Gasteiger charge is 2.30. The molecule has 4 rings (SSSR count). The molecule has 0 saturated heterocycles. The zero-order valence-corrected chi connectivity index (χ0v) is 16.5. The Balaban J connectivity index is 1.57. The molecule has 2 aromatic carbocycles. The summed E-state index contributed by atoms with van der Waals surface area (Å²) >= 11 is 5.89. The highest BCUT2D eigenvalue weighted by Crippen LogP contribution is 2.28. The molecule has 3 aromatic rings. The summed E-state index contributed by atoms with van der Waals surface area (Å²) in [6, 6.07) is 12.5. The second-order valence-electron chi connectivity index (χ2n) is 7.55. The molecule has 0 aliphatic heterocycles. The number of H-pyrrole nitrogens is 1. The van der Waals surface area contributed by atoms with Crippen molar-refractivity contribution in [3.05, 3.63) is 69.0 Å². The van der Waals surface area contributed by atoms with E-state index in [0.29, 0.717) is 16.5 Å². The van der Waals surface area contributed by atoms with Crippen molar-refractivity contribution < 1.29 is 9.53 Å². The number of hydrogen-bond acceptors (Lipinski definition) is 3. The van der Waals surface area contributed by atoms with E-state index in [-0.39, 0.29) is 11.5 Å². The number of anilines is 1. The van der Waals surface area contributed by atoms with E-state index in [1.165, 1.54) is 0 Å². The number of aromatic amines is 1. The van der Waals surface area contributed by atoms with Gasteiger partial charge in [-0.2, -0.15) is 0 Å². The lowest BCUT2D eigenvalue weighted by Gasteiger charge is -2.25. The first-order valence-electron chi connectivity index (χ1n) is 9.27. The van der Waals surface area contributed by atoms with Crippen LogP contribution in [0.4, 0.5) is 5.69 Å². The molecule has 0 spiro atoms. The number of rotatable bonds is 4. The summed E-state index contributed by atoms with van der Waals surface area (Å²) < 4.78 is 5.83. The van der Waals surface area contributed by atoms with Crippen LogP contribution in [0.25, 0.3) is 10.9 Å². The minimum Gasteiger partial charge on any atom is -0.478 e. The van der Waals surface area contributed by atoms with Gasteiger partial charge in [-0.3, -0.25) is 9.59 Å². The molecule has 5 nitrogen and oxygen atoms in total. The predicted octanol–water partition coefficient (Wildman–Crippen LogP) is 4.47. The van der Waals surface area contributed by atoms with Gasteiger partial charge >= 0.3 is 0 Å². The van der Waals surface area contributed by atoms with E-state index in [4.69, 9.17) is 16.3 Å². The van der Waals surface area contributed by atoms with E-state index in [9.17, 15) is 9.59 Å². The highest BCUT2D eigenvalue weighted by atomic mass is 35.5. The fourth-order valence-corrected chi connectivity index (χ4v) is 3.73. The lowest BCUT2D eigenvalue weighted by atomic mass is 10.0. The lowest BCUT2D eigenvalue weighted by Crippen LogP contribution is -2.42. The smallest absolute Gasteiger partial charge is 0.267 e. The van der Waals surface area contributed by atoms with Gasteiger partial charge in [0, 0.05) is 21.7 Å². The van der Waals surface area contributed by atoms with Crippen molar-refractivity contribution in [1.82, 2.24) is 4.98 Å². The summed E-state index contributed by atoms with van der Waals surface area (Å²) in [6.07, 6.45) is 2.75. The number of pyridine rings is 1. The number of benzene rings is 2. The Morgan fingerprint density at radius 3 is 2.57 bits per heavy atom. The molecule has 144 valence electrons. The van der Waals surface area contributed by atoms with E-state index in [0.717, 1.165) is 41.3 Å². The minimum atomic E-state index is -1.09. The normalized spacial score (nSPS) is 13.4. The molecule has 0 atom stereocenters. The second kappa shape index (κ2) is 6.99. The molecule has 28 heavy (non-hydrogen) atoms. The summed E-state index contributed by atoms with van der Waals surface area (Å²) in [5.74, 6) is 0.272. The molecule has 1 aliphatic rings. The SMILES string of the molecule is CC(C)(Oc1ccc(Cl)cc1)C(=O)Nc1ccc2c3c(c(=O)[nH]c2c1)CCC3. The first-order valence-corrected chi connectivity index (χ1v) is 9.65. The molecule has 2 N–H and O–H groups in total. The molecule has 1 heterocycles. The number of carbonyl (C=O) groups is 1. The van der Waals surface area contributed by atoms with Gasteiger partial charge in [0.15, 0.2) is 5.60 Å². The van der Waals surface area contributed by atoms with Crippen LogP contribution in [0.3, 0.4) is 0 Å². The number of halogens is 1. The third-order valence-electron chi connectivity index (χ3n) is 5.08. The average Bonchev–Trinajstić information content (AvgIpc) is 3.14. The zero-order chi connectivity index (χ0) is 19.9. The topological polar surface area (TPSA) is 71.2 Å². The Morgan fingerprint density at radius 1 is 1.11 bits per heavy atom. The van der Waals surface area contributed by atoms with Crippen molar-refractivity contribution in [2.45, 2.75) is 38.7 Å². The van der Waals surface area contributed by atoms with E-state index >= 15 is 0 Å². The number of fused-ring (bicyclic) bond motifs is 3. The van der Waals surface area contributed by atoms with Gasteiger partial charge in [-0.15, -0.1) is 0 Å². The van der Waals surface area contributed by atoms with E-state index in [2.05, 4.69) is 10.3 Å². The summed E-state index contributed by atoms with van der Waals surface area (Å²) in [7, 11) is 0. The zero-order valence-electron chi connectivity index (χ0n) is 15.8. The summed E-state index contributed by atoms with van der Waals surface area (Å²) in [6.45, 7) is 3.40. The van der Waals surface area contributed by atoms with Gasteiger partial charge < -0.3 is 15.0 Å². The molecular weight excluding hydrogens is 376 g/mol. The number of ether oxygens (including phenoxy) is 1. The van der Waals surface area contributed by atoms with Crippen molar-refractivity contribution in [3.63, 3.8) is 0 Å². The number of aryl methyl sites for hydroxylation is 1. The highest BCUT2D eigenvalue weighted by molar-refractivity contribution is 6.30. The molecule has 1 amide bonds. The summed E-state index contributed by atoms with van der Waals surface area (Å²) in [5.41, 5.74) is 2.24. The van der Waals surface area contributed by atoms with E-state index in [1.54, 1.807) is 44.2 Å². The van der Waals surface area contributed by atoms with E-state index in [1.807, 2.05) is 12.1 Å². The average molecular weight is 397 g/mol. The Bertz CT molecular complexity index is 1120. The molecule has 1 aliphatic carbocycles. The van der Waals surface area contributed by atoms with Gasteiger partial charge in [-0.25, -0.2) is 0 Å². The molecule has 6 heteroatoms. The van der Waals surface area contributed by atoms with Gasteiger partial charge in [0.2, 0.25) is 0 Å². The van der Waals surface area contributed by atoms with Gasteiger partial charge in [0.05, 0.1) is 5.52 Å². The summed E-state index contributed by atoms with van der Waals surface area (Å²) in [5, 5.41) is 4.53. The van der Waals surface area contributed by atoms with Crippen molar-refractivity contribution in [1.29, 1.82) is 0 Å². The fraction of sp³-hybridized carbons (Fsp3) is 0.273. The number of nitrogens with one attached hydrogen (secondary N) is 2. The first-order chi connectivity index (χ1) is 13.3. The van der Waals surface area contributed by atoms with Crippen molar-refractivity contribution in [2.24, 2.45) is 0 Å². The van der Waals surface area contributed by atoms with E-state index < -0.39 is 5.60 Å². The molecule has 0 radical (unpaired) electrons. The Kier molecular flexibility index (Phi) is 4.63. The van der Waals surface area contributed by atoms with Crippen molar-refractivity contribution >= 4 is 34.1 Å². The number of amides is 1. The lowest BCUT2D eigenvalue weighted by molar-refractivity contribution is -0.128. The molecule has 0 saturated carbocycles. The van der Waals surface area contributed by atoms with Crippen LogP contribution in [0.15, 0.2) is 47.3 Å². The first kappa shape index (κ1) is 18.6. The summed E-state index contributed by atoms with van der Waals surface area (Å²) in [4.78, 5) is 28.0. The van der Waals surface area contributed by atoms with Crippen LogP contribution < -0.4 is 15.6 Å². The quantitative estimate of drug-likeness (QED) is 0.683. The van der Waals surface area contributed by atoms with Crippen LogP contribution in [0.5, 0.6) is 5.75 Å².